The van der Waals surface area contributed by atoms with Crippen LogP contribution in [-0.2, 0) is 16.4 Å². The number of sulfonamides is 1. The van der Waals surface area contributed by atoms with Crippen LogP contribution < -0.4 is 4.74 Å². The molecule has 1 atom stereocenters. The lowest BCUT2D eigenvalue weighted by Gasteiger charge is -2.18. The van der Waals surface area contributed by atoms with Crippen molar-refractivity contribution >= 4 is 10.0 Å². The van der Waals surface area contributed by atoms with E-state index in [1.807, 2.05) is 13.0 Å². The van der Waals surface area contributed by atoms with Crippen molar-refractivity contribution in [1.82, 2.24) is 4.31 Å². The molecule has 1 unspecified atom stereocenters. The smallest absolute Gasteiger partial charge is 0.243 e. The third kappa shape index (κ3) is 3.44. The normalized spacial score (nSPS) is 18.7. The van der Waals surface area contributed by atoms with E-state index in [1.165, 1.54) is 10.4 Å². The van der Waals surface area contributed by atoms with Crippen LogP contribution in [0.1, 0.15) is 18.9 Å². The highest BCUT2D eigenvalue weighted by Crippen LogP contribution is 2.25. The van der Waals surface area contributed by atoms with Crippen LogP contribution in [0, 0.1) is 5.82 Å². The zero-order valence-corrected chi connectivity index (χ0v) is 14.3. The van der Waals surface area contributed by atoms with Crippen molar-refractivity contribution < 1.29 is 17.5 Å². The van der Waals surface area contributed by atoms with Crippen LogP contribution in [0.3, 0.4) is 0 Å². The molecule has 2 aromatic rings. The monoisotopic (exact) mass is 349 g/mol. The van der Waals surface area contributed by atoms with E-state index in [2.05, 4.69) is 0 Å². The average molecular weight is 349 g/mol. The lowest BCUT2D eigenvalue weighted by molar-refractivity contribution is 0.206. The fourth-order valence-corrected chi connectivity index (χ4v) is 4.36. The van der Waals surface area contributed by atoms with Crippen molar-refractivity contribution in [2.24, 2.45) is 0 Å². The lowest BCUT2D eigenvalue weighted by Crippen LogP contribution is -2.31. The Hall–Kier alpha value is -1.92. The summed E-state index contributed by atoms with van der Waals surface area (Å²) in [5, 5.41) is 0. The summed E-state index contributed by atoms with van der Waals surface area (Å²) in [5.41, 5.74) is 0.981. The molecule has 2 aromatic carbocycles. The fraction of sp³-hybridized carbons (Fsp3) is 0.333. The summed E-state index contributed by atoms with van der Waals surface area (Å²) in [6.07, 6.45) is 0.981. The summed E-state index contributed by atoms with van der Waals surface area (Å²) in [7, 11) is -3.55. The summed E-state index contributed by atoms with van der Waals surface area (Å²) in [4.78, 5) is 0.299. The standard InChI is InChI=1S/C18H20FNO3S/c1-2-14-6-5-7-16(12-14)24(21,22)20-11-10-15(13-20)23-18-9-4-3-8-17(18)19/h3-9,12,15H,2,10-11,13H2,1H3. The van der Waals surface area contributed by atoms with Crippen molar-refractivity contribution in [2.75, 3.05) is 13.1 Å². The predicted octanol–water partition coefficient (Wildman–Crippen LogP) is 3.23. The molecule has 0 bridgehead atoms. The Kier molecular flexibility index (Phi) is 4.87. The largest absolute Gasteiger partial charge is 0.486 e. The maximum Gasteiger partial charge on any atom is 0.243 e. The van der Waals surface area contributed by atoms with Crippen molar-refractivity contribution in [1.29, 1.82) is 0 Å². The molecular weight excluding hydrogens is 329 g/mol. The number of aryl methyl sites for hydroxylation is 1. The Balaban J connectivity index is 1.73. The van der Waals surface area contributed by atoms with Crippen LogP contribution in [0.4, 0.5) is 4.39 Å². The molecule has 1 aliphatic rings. The number of para-hydroxylation sites is 1. The van der Waals surface area contributed by atoms with Crippen LogP contribution in [-0.4, -0.2) is 31.9 Å². The number of halogens is 1. The molecule has 24 heavy (non-hydrogen) atoms. The number of hydrogen-bond acceptors (Lipinski definition) is 3. The van der Waals surface area contributed by atoms with E-state index in [4.69, 9.17) is 4.74 Å². The zero-order chi connectivity index (χ0) is 17.2. The quantitative estimate of drug-likeness (QED) is 0.833. The van der Waals surface area contributed by atoms with Crippen molar-refractivity contribution in [3.8, 4) is 5.75 Å². The van der Waals surface area contributed by atoms with Gasteiger partial charge >= 0.3 is 0 Å². The highest BCUT2D eigenvalue weighted by Gasteiger charge is 2.34. The molecule has 6 heteroatoms. The molecule has 0 N–H and O–H groups in total. The van der Waals surface area contributed by atoms with Gasteiger partial charge in [0.2, 0.25) is 10.0 Å². The summed E-state index contributed by atoms with van der Waals surface area (Å²) in [6, 6.07) is 13.2. The number of benzene rings is 2. The van der Waals surface area contributed by atoms with Gasteiger partial charge in [0.25, 0.3) is 0 Å². The molecule has 0 saturated carbocycles. The van der Waals surface area contributed by atoms with E-state index in [9.17, 15) is 12.8 Å². The van der Waals surface area contributed by atoms with E-state index < -0.39 is 15.8 Å². The van der Waals surface area contributed by atoms with Gasteiger partial charge in [-0.15, -0.1) is 0 Å². The Morgan fingerprint density at radius 3 is 2.75 bits per heavy atom. The topological polar surface area (TPSA) is 46.6 Å². The molecule has 1 heterocycles. The van der Waals surface area contributed by atoms with E-state index in [-0.39, 0.29) is 18.4 Å². The van der Waals surface area contributed by atoms with Gasteiger partial charge in [0.1, 0.15) is 6.10 Å². The lowest BCUT2D eigenvalue weighted by atomic mass is 10.2. The van der Waals surface area contributed by atoms with E-state index >= 15 is 0 Å². The molecule has 3 rings (SSSR count). The van der Waals surface area contributed by atoms with Crippen LogP contribution in [0.15, 0.2) is 53.4 Å². The van der Waals surface area contributed by atoms with Gasteiger partial charge in [-0.3, -0.25) is 0 Å². The molecule has 0 aliphatic carbocycles. The van der Waals surface area contributed by atoms with Gasteiger partial charge in [-0.2, -0.15) is 4.31 Å². The average Bonchev–Trinajstić information content (AvgIpc) is 3.06. The van der Waals surface area contributed by atoms with Gasteiger partial charge in [0.05, 0.1) is 11.4 Å². The Morgan fingerprint density at radius 2 is 2.00 bits per heavy atom. The van der Waals surface area contributed by atoms with Crippen molar-refractivity contribution in [3.63, 3.8) is 0 Å². The first-order chi connectivity index (χ1) is 11.5. The van der Waals surface area contributed by atoms with Gasteiger partial charge in [-0.1, -0.05) is 31.2 Å². The number of ether oxygens (including phenoxy) is 1. The molecule has 128 valence electrons. The van der Waals surface area contributed by atoms with Gasteiger partial charge in [-0.05, 0) is 42.7 Å². The van der Waals surface area contributed by atoms with Crippen molar-refractivity contribution in [3.05, 3.63) is 59.9 Å². The zero-order valence-electron chi connectivity index (χ0n) is 13.5. The summed E-state index contributed by atoms with van der Waals surface area (Å²) in [6.45, 7) is 2.59. The SMILES string of the molecule is CCc1cccc(S(=O)(=O)N2CCC(Oc3ccccc3F)C2)c1. The minimum absolute atomic E-state index is 0.162. The van der Waals surface area contributed by atoms with Gasteiger partial charge < -0.3 is 4.74 Å². The molecule has 0 radical (unpaired) electrons. The molecule has 4 nitrogen and oxygen atoms in total. The molecule has 1 saturated heterocycles. The summed E-state index contributed by atoms with van der Waals surface area (Å²) in [5.74, 6) is -0.274. The maximum absolute atomic E-state index is 13.7. The molecule has 1 aliphatic heterocycles. The summed E-state index contributed by atoms with van der Waals surface area (Å²) < 4.78 is 46.2. The Bertz CT molecular complexity index is 823. The second kappa shape index (κ2) is 6.91. The Morgan fingerprint density at radius 1 is 1.21 bits per heavy atom. The first-order valence-corrected chi connectivity index (χ1v) is 9.45. The first-order valence-electron chi connectivity index (χ1n) is 8.01. The van der Waals surface area contributed by atoms with E-state index in [1.54, 1.807) is 36.4 Å². The number of rotatable bonds is 5. The van der Waals surface area contributed by atoms with Gasteiger partial charge in [0, 0.05) is 6.54 Å². The highest BCUT2D eigenvalue weighted by atomic mass is 32.2. The van der Waals surface area contributed by atoms with Crippen molar-refractivity contribution in [2.45, 2.75) is 30.8 Å². The molecule has 0 aromatic heterocycles. The minimum atomic E-state index is -3.55. The molecular formula is C18H20FNO3S. The minimum Gasteiger partial charge on any atom is -0.486 e. The first kappa shape index (κ1) is 16.9. The predicted molar refractivity (Wildman–Crippen MR) is 90.0 cm³/mol. The number of hydrogen-bond donors (Lipinski definition) is 0. The molecule has 0 amide bonds. The van der Waals surface area contributed by atoms with Crippen LogP contribution in [0.5, 0.6) is 5.75 Å². The third-order valence-corrected chi connectivity index (χ3v) is 6.04. The second-order valence-corrected chi connectivity index (χ2v) is 7.76. The second-order valence-electron chi connectivity index (χ2n) is 5.82. The van der Waals surface area contributed by atoms with Crippen LogP contribution in [0.25, 0.3) is 0 Å². The van der Waals surface area contributed by atoms with E-state index in [0.29, 0.717) is 17.9 Å². The highest BCUT2D eigenvalue weighted by molar-refractivity contribution is 7.89. The number of nitrogens with zero attached hydrogens (tertiary/aromatic N) is 1. The van der Waals surface area contributed by atoms with Gasteiger partial charge in [-0.25, -0.2) is 12.8 Å². The third-order valence-electron chi connectivity index (χ3n) is 4.18. The maximum atomic E-state index is 13.7. The fourth-order valence-electron chi connectivity index (χ4n) is 2.81. The van der Waals surface area contributed by atoms with E-state index in [0.717, 1.165) is 12.0 Å². The Labute approximate surface area is 141 Å². The molecule has 1 fully saturated rings. The summed E-state index contributed by atoms with van der Waals surface area (Å²) >= 11 is 0. The van der Waals surface area contributed by atoms with Gasteiger partial charge in [0.15, 0.2) is 11.6 Å². The van der Waals surface area contributed by atoms with Crippen LogP contribution >= 0.6 is 0 Å². The van der Waals surface area contributed by atoms with Crippen LogP contribution in [0.2, 0.25) is 0 Å². The molecule has 0 spiro atoms.